The third-order valence-corrected chi connectivity index (χ3v) is 4.27. The van der Waals surface area contributed by atoms with Crippen LogP contribution in [0.1, 0.15) is 39.5 Å². The molecule has 0 spiro atoms. The number of hydrogen-bond donors (Lipinski definition) is 1. The highest BCUT2D eigenvalue weighted by Gasteiger charge is 2.11. The maximum absolute atomic E-state index is 9.53. The molecule has 4 heteroatoms. The van der Waals surface area contributed by atoms with Crippen molar-refractivity contribution in [2.75, 3.05) is 18.0 Å². The third-order valence-electron chi connectivity index (χ3n) is 3.19. The quantitative estimate of drug-likeness (QED) is 0.815. The molecule has 1 heterocycles. The minimum absolute atomic E-state index is 0.316. The molecule has 104 valence electrons. The largest absolute Gasteiger partial charge is 0.508 e. The standard InChI is InChI=1S/C15H22N2OS/c1-3-5-9-17(10-6-4-2)15-16-13-8-7-12(18)11-14(13)19-15/h7-8,11,18H,3-6,9-10H2,1-2H3. The predicted molar refractivity (Wildman–Crippen MR) is 83.3 cm³/mol. The van der Waals surface area contributed by atoms with E-state index in [2.05, 4.69) is 18.7 Å². The number of anilines is 1. The second kappa shape index (κ2) is 6.75. The number of rotatable bonds is 7. The van der Waals surface area contributed by atoms with Gasteiger partial charge in [-0.05, 0) is 31.0 Å². The van der Waals surface area contributed by atoms with Gasteiger partial charge in [-0.15, -0.1) is 0 Å². The van der Waals surface area contributed by atoms with Crippen LogP contribution in [0.4, 0.5) is 5.13 Å². The summed E-state index contributed by atoms with van der Waals surface area (Å²) < 4.78 is 1.06. The van der Waals surface area contributed by atoms with E-state index < -0.39 is 0 Å². The van der Waals surface area contributed by atoms with E-state index in [9.17, 15) is 5.11 Å². The zero-order chi connectivity index (χ0) is 13.7. The minimum Gasteiger partial charge on any atom is -0.508 e. The van der Waals surface area contributed by atoms with Crippen molar-refractivity contribution >= 4 is 26.7 Å². The summed E-state index contributed by atoms with van der Waals surface area (Å²) in [5, 5.41) is 10.6. The van der Waals surface area contributed by atoms with Crippen LogP contribution in [0, 0.1) is 0 Å². The van der Waals surface area contributed by atoms with Gasteiger partial charge < -0.3 is 10.0 Å². The van der Waals surface area contributed by atoms with Crippen molar-refractivity contribution in [3.63, 3.8) is 0 Å². The number of aromatic hydroxyl groups is 1. The monoisotopic (exact) mass is 278 g/mol. The van der Waals surface area contributed by atoms with E-state index in [1.165, 1.54) is 25.7 Å². The van der Waals surface area contributed by atoms with Crippen LogP contribution in [0.2, 0.25) is 0 Å². The number of phenolic OH excluding ortho intramolecular Hbond substituents is 1. The Morgan fingerprint density at radius 1 is 1.16 bits per heavy atom. The fourth-order valence-corrected chi connectivity index (χ4v) is 3.09. The van der Waals surface area contributed by atoms with Gasteiger partial charge in [-0.3, -0.25) is 0 Å². The predicted octanol–water partition coefficient (Wildman–Crippen LogP) is 4.41. The Morgan fingerprint density at radius 3 is 2.47 bits per heavy atom. The van der Waals surface area contributed by atoms with Crippen molar-refractivity contribution in [2.24, 2.45) is 0 Å². The molecule has 0 amide bonds. The molecule has 0 bridgehead atoms. The lowest BCUT2D eigenvalue weighted by molar-refractivity contribution is 0.476. The van der Waals surface area contributed by atoms with Crippen molar-refractivity contribution in [1.29, 1.82) is 0 Å². The van der Waals surface area contributed by atoms with Gasteiger partial charge in [-0.1, -0.05) is 38.0 Å². The molecule has 1 aromatic carbocycles. The number of thiazole rings is 1. The molecule has 0 saturated heterocycles. The van der Waals surface area contributed by atoms with Crippen LogP contribution < -0.4 is 4.90 Å². The Kier molecular flexibility index (Phi) is 5.02. The lowest BCUT2D eigenvalue weighted by Gasteiger charge is -2.21. The molecule has 0 radical (unpaired) electrons. The van der Waals surface area contributed by atoms with Gasteiger partial charge in [-0.25, -0.2) is 4.98 Å². The zero-order valence-corrected chi connectivity index (χ0v) is 12.5. The summed E-state index contributed by atoms with van der Waals surface area (Å²) in [4.78, 5) is 7.08. The Labute approximate surface area is 118 Å². The molecule has 0 unspecified atom stereocenters. The number of unbranched alkanes of at least 4 members (excludes halogenated alkanes) is 2. The summed E-state index contributed by atoms with van der Waals surface area (Å²) in [6, 6.07) is 5.39. The molecule has 0 saturated carbocycles. The van der Waals surface area contributed by atoms with E-state index in [1.807, 2.05) is 6.07 Å². The number of aromatic nitrogens is 1. The van der Waals surface area contributed by atoms with E-state index in [4.69, 9.17) is 4.98 Å². The van der Waals surface area contributed by atoms with E-state index in [0.29, 0.717) is 5.75 Å². The first-order valence-corrected chi connectivity index (χ1v) is 7.90. The molecule has 2 aromatic rings. The van der Waals surface area contributed by atoms with Gasteiger partial charge in [0.1, 0.15) is 5.75 Å². The molecule has 0 aliphatic carbocycles. The average Bonchev–Trinajstić information content (AvgIpc) is 2.81. The van der Waals surface area contributed by atoms with Crippen molar-refractivity contribution in [2.45, 2.75) is 39.5 Å². The van der Waals surface area contributed by atoms with E-state index in [-0.39, 0.29) is 0 Å². The van der Waals surface area contributed by atoms with Crippen molar-refractivity contribution < 1.29 is 5.11 Å². The van der Waals surface area contributed by atoms with Gasteiger partial charge >= 0.3 is 0 Å². The van der Waals surface area contributed by atoms with Crippen LogP contribution in [-0.2, 0) is 0 Å². The van der Waals surface area contributed by atoms with Crippen LogP contribution in [0.3, 0.4) is 0 Å². The molecule has 1 aromatic heterocycles. The van der Waals surface area contributed by atoms with E-state index in [0.717, 1.165) is 28.4 Å². The van der Waals surface area contributed by atoms with Crippen LogP contribution >= 0.6 is 11.3 Å². The van der Waals surface area contributed by atoms with Crippen molar-refractivity contribution in [3.8, 4) is 5.75 Å². The maximum atomic E-state index is 9.53. The molecule has 19 heavy (non-hydrogen) atoms. The Bertz CT molecular complexity index is 516. The molecule has 3 nitrogen and oxygen atoms in total. The zero-order valence-electron chi connectivity index (χ0n) is 11.7. The third kappa shape index (κ3) is 3.60. The molecule has 0 aliphatic rings. The molecule has 0 aliphatic heterocycles. The van der Waals surface area contributed by atoms with Crippen LogP contribution in [0.15, 0.2) is 18.2 Å². The molecule has 1 N–H and O–H groups in total. The van der Waals surface area contributed by atoms with Gasteiger partial charge in [0.2, 0.25) is 0 Å². The summed E-state index contributed by atoms with van der Waals surface area (Å²) >= 11 is 1.68. The highest BCUT2D eigenvalue weighted by atomic mass is 32.1. The number of fused-ring (bicyclic) bond motifs is 1. The minimum atomic E-state index is 0.316. The van der Waals surface area contributed by atoms with Gasteiger partial charge in [-0.2, -0.15) is 0 Å². The first-order chi connectivity index (χ1) is 9.24. The Balaban J connectivity index is 2.21. The molecular formula is C15H22N2OS. The molecule has 0 fully saturated rings. The van der Waals surface area contributed by atoms with Crippen molar-refractivity contribution in [1.82, 2.24) is 4.98 Å². The van der Waals surface area contributed by atoms with Gasteiger partial charge in [0.05, 0.1) is 10.2 Å². The second-order valence-corrected chi connectivity index (χ2v) is 5.85. The topological polar surface area (TPSA) is 36.4 Å². The number of phenols is 1. The summed E-state index contributed by atoms with van der Waals surface area (Å²) in [5.74, 6) is 0.316. The fourth-order valence-electron chi connectivity index (χ4n) is 2.04. The fraction of sp³-hybridized carbons (Fsp3) is 0.533. The number of hydrogen-bond acceptors (Lipinski definition) is 4. The molecule has 2 rings (SSSR count). The van der Waals surface area contributed by atoms with Gasteiger partial charge in [0, 0.05) is 13.1 Å². The van der Waals surface area contributed by atoms with E-state index >= 15 is 0 Å². The molecule has 0 atom stereocenters. The first kappa shape index (κ1) is 14.1. The Morgan fingerprint density at radius 2 is 1.84 bits per heavy atom. The number of benzene rings is 1. The normalized spacial score (nSPS) is 11.1. The maximum Gasteiger partial charge on any atom is 0.186 e. The lowest BCUT2D eigenvalue weighted by Crippen LogP contribution is -2.25. The SMILES string of the molecule is CCCCN(CCCC)c1nc2ccc(O)cc2s1. The summed E-state index contributed by atoms with van der Waals surface area (Å²) in [5.41, 5.74) is 0.982. The number of nitrogens with zero attached hydrogens (tertiary/aromatic N) is 2. The smallest absolute Gasteiger partial charge is 0.186 e. The highest BCUT2D eigenvalue weighted by molar-refractivity contribution is 7.22. The average molecular weight is 278 g/mol. The van der Waals surface area contributed by atoms with Crippen molar-refractivity contribution in [3.05, 3.63) is 18.2 Å². The summed E-state index contributed by atoms with van der Waals surface area (Å²) in [6.07, 6.45) is 4.80. The lowest BCUT2D eigenvalue weighted by atomic mass is 10.3. The first-order valence-electron chi connectivity index (χ1n) is 7.09. The second-order valence-electron chi connectivity index (χ2n) is 4.84. The highest BCUT2D eigenvalue weighted by Crippen LogP contribution is 2.31. The van der Waals surface area contributed by atoms with Crippen LogP contribution in [0.25, 0.3) is 10.2 Å². The van der Waals surface area contributed by atoms with E-state index in [1.54, 1.807) is 23.5 Å². The van der Waals surface area contributed by atoms with Gasteiger partial charge in [0.25, 0.3) is 0 Å². The van der Waals surface area contributed by atoms with Gasteiger partial charge in [0.15, 0.2) is 5.13 Å². The molecular weight excluding hydrogens is 256 g/mol. The summed E-state index contributed by atoms with van der Waals surface area (Å²) in [6.45, 7) is 6.58. The summed E-state index contributed by atoms with van der Waals surface area (Å²) in [7, 11) is 0. The van der Waals surface area contributed by atoms with Crippen LogP contribution in [0.5, 0.6) is 5.75 Å². The Hall–Kier alpha value is -1.29. The van der Waals surface area contributed by atoms with Crippen LogP contribution in [-0.4, -0.2) is 23.2 Å².